The highest BCUT2D eigenvalue weighted by atomic mass is 19.1. The number of amides is 1. The number of fused-ring (bicyclic) bond motifs is 1. The van der Waals surface area contributed by atoms with Crippen molar-refractivity contribution in [3.05, 3.63) is 77.7 Å². The third-order valence-corrected chi connectivity index (χ3v) is 5.90. The molecule has 0 bridgehead atoms. The van der Waals surface area contributed by atoms with Crippen LogP contribution < -0.4 is 19.5 Å². The Morgan fingerprint density at radius 3 is 2.51 bits per heavy atom. The summed E-state index contributed by atoms with van der Waals surface area (Å²) < 4.78 is 36.9. The zero-order valence-corrected chi connectivity index (χ0v) is 21.4. The van der Waals surface area contributed by atoms with Crippen LogP contribution in [0.1, 0.15) is 21.8 Å². The van der Waals surface area contributed by atoms with E-state index >= 15 is 4.39 Å². The number of carbonyl (C=O) groups excluding carboxylic acids is 1. The van der Waals surface area contributed by atoms with E-state index in [1.807, 2.05) is 0 Å². The van der Waals surface area contributed by atoms with Gasteiger partial charge in [0.15, 0.2) is 23.1 Å². The number of benzene rings is 1. The van der Waals surface area contributed by atoms with Crippen LogP contribution in [0.5, 0.6) is 28.9 Å². The van der Waals surface area contributed by atoms with Gasteiger partial charge in [-0.25, -0.2) is 9.37 Å². The molecule has 0 saturated carbocycles. The molecule has 2 N–H and O–H groups in total. The third kappa shape index (κ3) is 4.89. The van der Waals surface area contributed by atoms with E-state index in [4.69, 9.17) is 18.6 Å². The lowest BCUT2D eigenvalue weighted by molar-refractivity contribution is 0.102. The number of aromatic nitrogens is 3. The molecule has 0 aliphatic carbocycles. The first-order valence-corrected chi connectivity index (χ1v) is 11.7. The number of halogens is 1. The van der Waals surface area contributed by atoms with E-state index in [0.717, 1.165) is 6.07 Å². The third-order valence-electron chi connectivity index (χ3n) is 5.90. The predicted octanol–water partition coefficient (Wildman–Crippen LogP) is 5.81. The molecule has 1 amide bonds. The van der Waals surface area contributed by atoms with E-state index in [2.05, 4.69) is 20.3 Å². The van der Waals surface area contributed by atoms with Crippen molar-refractivity contribution in [3.63, 3.8) is 0 Å². The maximum atomic E-state index is 15.1. The number of pyridine rings is 3. The van der Waals surface area contributed by atoms with Crippen LogP contribution in [0.15, 0.2) is 59.3 Å². The second-order valence-corrected chi connectivity index (χ2v) is 8.47. The van der Waals surface area contributed by atoms with Crippen molar-refractivity contribution in [2.24, 2.45) is 0 Å². The van der Waals surface area contributed by atoms with Crippen LogP contribution in [-0.2, 0) is 0 Å². The smallest absolute Gasteiger partial charge is 0.261 e. The number of nitrogens with zero attached hydrogens (tertiary/aromatic N) is 3. The molecule has 5 aromatic rings. The summed E-state index contributed by atoms with van der Waals surface area (Å²) in [6.45, 7) is 3.35. The molecule has 0 spiro atoms. The van der Waals surface area contributed by atoms with E-state index in [-0.39, 0.29) is 39.9 Å². The molecule has 0 radical (unpaired) electrons. The second-order valence-electron chi connectivity index (χ2n) is 8.47. The molecule has 4 aromatic heterocycles. The normalized spacial score (nSPS) is 10.9. The summed E-state index contributed by atoms with van der Waals surface area (Å²) in [6.07, 6.45) is 2.92. The van der Waals surface area contributed by atoms with Gasteiger partial charge in [-0.05, 0) is 38.1 Å². The van der Waals surface area contributed by atoms with Crippen molar-refractivity contribution in [3.8, 4) is 40.2 Å². The lowest BCUT2D eigenvalue weighted by Crippen LogP contribution is -2.15. The highest BCUT2D eigenvalue weighted by Gasteiger charge is 2.22. The monoisotopic (exact) mass is 530 g/mol. The summed E-state index contributed by atoms with van der Waals surface area (Å²) in [7, 11) is 2.93. The molecular weight excluding hydrogens is 507 g/mol. The first kappa shape index (κ1) is 25.5. The number of ether oxygens (including phenoxy) is 3. The molecule has 0 atom stereocenters. The number of aromatic hydroxyl groups is 1. The van der Waals surface area contributed by atoms with Gasteiger partial charge >= 0.3 is 0 Å². The molecule has 0 unspecified atom stereocenters. The Kier molecular flexibility index (Phi) is 6.72. The Morgan fingerprint density at radius 1 is 1.00 bits per heavy atom. The van der Waals surface area contributed by atoms with E-state index in [1.165, 1.54) is 38.7 Å². The summed E-state index contributed by atoms with van der Waals surface area (Å²) in [5.41, 5.74) is 1.46. The van der Waals surface area contributed by atoms with Gasteiger partial charge in [0.1, 0.15) is 28.4 Å². The fourth-order valence-corrected chi connectivity index (χ4v) is 3.98. The maximum absolute atomic E-state index is 15.1. The number of carbonyl (C=O) groups is 1. The molecule has 0 aliphatic heterocycles. The van der Waals surface area contributed by atoms with Gasteiger partial charge in [-0.3, -0.25) is 14.8 Å². The van der Waals surface area contributed by atoms with E-state index in [9.17, 15) is 9.90 Å². The first-order valence-electron chi connectivity index (χ1n) is 11.7. The zero-order valence-electron chi connectivity index (χ0n) is 21.4. The number of aryl methyl sites for hydroxylation is 2. The van der Waals surface area contributed by atoms with Gasteiger partial charge in [0.05, 0.1) is 31.0 Å². The van der Waals surface area contributed by atoms with Crippen molar-refractivity contribution >= 4 is 22.6 Å². The van der Waals surface area contributed by atoms with Crippen molar-refractivity contribution < 1.29 is 32.9 Å². The van der Waals surface area contributed by atoms with Crippen LogP contribution in [0.2, 0.25) is 0 Å². The van der Waals surface area contributed by atoms with Gasteiger partial charge in [-0.15, -0.1) is 0 Å². The standard InChI is InChI=1S/C28H23FN4O6/c1-14-5-7-20(38-14)17-13-31-15(2)24(26(17)34)27(35)32-16-6-8-21(18(29)11-16)39-22-9-10-30-19-12-23(36-3)28(37-4)33-25(19)22/h5-13H,1-4H3,(H,31,34)(H,32,35). The van der Waals surface area contributed by atoms with Gasteiger partial charge in [0, 0.05) is 36.3 Å². The van der Waals surface area contributed by atoms with E-state index in [0.29, 0.717) is 34.0 Å². The maximum Gasteiger partial charge on any atom is 0.261 e. The van der Waals surface area contributed by atoms with Gasteiger partial charge in [0.25, 0.3) is 11.8 Å². The summed E-state index contributed by atoms with van der Waals surface area (Å²) >= 11 is 0. The fourth-order valence-electron chi connectivity index (χ4n) is 3.98. The molecular formula is C28H23FN4O6. The van der Waals surface area contributed by atoms with E-state index in [1.54, 1.807) is 38.1 Å². The minimum Gasteiger partial charge on any atom is -0.506 e. The molecule has 10 nitrogen and oxygen atoms in total. The van der Waals surface area contributed by atoms with Crippen molar-refractivity contribution in [1.29, 1.82) is 0 Å². The molecule has 0 fully saturated rings. The Morgan fingerprint density at radius 2 is 1.82 bits per heavy atom. The van der Waals surface area contributed by atoms with Gasteiger partial charge in [-0.1, -0.05) is 0 Å². The highest BCUT2D eigenvalue weighted by molar-refractivity contribution is 6.08. The molecule has 198 valence electrons. The Balaban J connectivity index is 1.40. The molecule has 5 rings (SSSR count). The van der Waals surface area contributed by atoms with Crippen LogP contribution in [0.3, 0.4) is 0 Å². The summed E-state index contributed by atoms with van der Waals surface area (Å²) in [5, 5.41) is 13.4. The minimum absolute atomic E-state index is 0.0546. The fraction of sp³-hybridized carbons (Fsp3) is 0.143. The number of rotatable bonds is 7. The summed E-state index contributed by atoms with van der Waals surface area (Å²) in [6, 6.07) is 10.5. The number of nitrogens with one attached hydrogen (secondary N) is 1. The number of hydrogen-bond donors (Lipinski definition) is 2. The molecule has 0 aliphatic rings. The first-order chi connectivity index (χ1) is 18.8. The van der Waals surface area contributed by atoms with Gasteiger partial charge < -0.3 is 29.1 Å². The van der Waals surface area contributed by atoms with Crippen LogP contribution >= 0.6 is 0 Å². The lowest BCUT2D eigenvalue weighted by Gasteiger charge is -2.13. The number of methoxy groups -OCH3 is 2. The Labute approximate surface area is 222 Å². The molecule has 11 heteroatoms. The average Bonchev–Trinajstić information content (AvgIpc) is 3.35. The lowest BCUT2D eigenvalue weighted by atomic mass is 10.1. The van der Waals surface area contributed by atoms with Crippen LogP contribution in [0, 0.1) is 19.7 Å². The van der Waals surface area contributed by atoms with Crippen molar-refractivity contribution in [2.45, 2.75) is 13.8 Å². The predicted molar refractivity (Wildman–Crippen MR) is 140 cm³/mol. The van der Waals surface area contributed by atoms with Crippen LogP contribution in [-0.4, -0.2) is 40.2 Å². The van der Waals surface area contributed by atoms with Crippen molar-refractivity contribution in [1.82, 2.24) is 15.0 Å². The highest BCUT2D eigenvalue weighted by Crippen LogP contribution is 2.36. The number of furan rings is 1. The topological polar surface area (TPSA) is 129 Å². The summed E-state index contributed by atoms with van der Waals surface area (Å²) in [5.74, 6) is 0.0672. The van der Waals surface area contributed by atoms with Gasteiger partial charge in [0.2, 0.25) is 0 Å². The molecule has 0 saturated heterocycles. The number of hydrogen-bond acceptors (Lipinski definition) is 9. The molecule has 4 heterocycles. The Bertz CT molecular complexity index is 1720. The minimum atomic E-state index is -0.739. The zero-order chi connectivity index (χ0) is 27.7. The quantitative estimate of drug-likeness (QED) is 0.268. The SMILES string of the molecule is COc1cc2nccc(Oc3ccc(NC(=O)c4c(C)ncc(-c5ccc(C)o5)c4O)cc3F)c2nc1OC. The van der Waals surface area contributed by atoms with Gasteiger partial charge in [-0.2, -0.15) is 0 Å². The average molecular weight is 531 g/mol. The largest absolute Gasteiger partial charge is 0.506 e. The second kappa shape index (κ2) is 10.3. The molecule has 1 aromatic carbocycles. The van der Waals surface area contributed by atoms with Crippen molar-refractivity contribution in [2.75, 3.05) is 19.5 Å². The van der Waals surface area contributed by atoms with E-state index < -0.39 is 11.7 Å². The number of anilines is 1. The van der Waals surface area contributed by atoms with Crippen LogP contribution in [0.25, 0.3) is 22.4 Å². The molecule has 39 heavy (non-hydrogen) atoms. The van der Waals surface area contributed by atoms with Crippen LogP contribution in [0.4, 0.5) is 10.1 Å². The summed E-state index contributed by atoms with van der Waals surface area (Å²) in [4.78, 5) is 25.9. The Hall–Kier alpha value is -5.19.